The van der Waals surface area contributed by atoms with Gasteiger partial charge in [-0.15, -0.1) is 11.3 Å². The molecule has 3 aromatic rings. The van der Waals surface area contributed by atoms with Gasteiger partial charge in [0, 0.05) is 9.58 Å². The van der Waals surface area contributed by atoms with Crippen molar-refractivity contribution in [2.75, 3.05) is 7.11 Å². The van der Waals surface area contributed by atoms with Crippen LogP contribution in [0.5, 0.6) is 11.5 Å². The van der Waals surface area contributed by atoms with E-state index >= 15 is 0 Å². The third-order valence-corrected chi connectivity index (χ3v) is 4.34. The molecule has 0 unspecified atom stereocenters. The van der Waals surface area contributed by atoms with E-state index in [1.807, 2.05) is 36.4 Å². The highest BCUT2D eigenvalue weighted by Gasteiger charge is 2.08. The molecule has 0 amide bonds. The van der Waals surface area contributed by atoms with Crippen molar-refractivity contribution in [2.24, 2.45) is 0 Å². The number of benzene rings is 2. The standard InChI is InChI=1S/C17H14O4S/c1-20-14-4-2-3-5-15(14)21-10-13-9-12-8-11(17(18)19)6-7-16(12)22-13/h2-9H,10H2,1H3,(H,18,19). The number of methoxy groups -OCH3 is 1. The molecular formula is C17H14O4S. The third kappa shape index (κ3) is 2.89. The first-order valence-electron chi connectivity index (χ1n) is 6.69. The zero-order chi connectivity index (χ0) is 15.5. The molecular weight excluding hydrogens is 300 g/mol. The first-order chi connectivity index (χ1) is 10.7. The highest BCUT2D eigenvalue weighted by atomic mass is 32.1. The van der Waals surface area contributed by atoms with Crippen LogP contribution in [0, 0.1) is 0 Å². The summed E-state index contributed by atoms with van der Waals surface area (Å²) in [4.78, 5) is 12.0. The maximum Gasteiger partial charge on any atom is 0.335 e. The second-order valence-corrected chi connectivity index (χ2v) is 5.88. The maximum atomic E-state index is 11.0. The Morgan fingerprint density at radius 2 is 1.91 bits per heavy atom. The van der Waals surface area contributed by atoms with E-state index in [-0.39, 0.29) is 0 Å². The molecule has 3 rings (SSSR count). The average molecular weight is 314 g/mol. The van der Waals surface area contributed by atoms with Crippen molar-refractivity contribution in [3.05, 3.63) is 59.0 Å². The molecule has 0 fully saturated rings. The third-order valence-electron chi connectivity index (χ3n) is 3.25. The van der Waals surface area contributed by atoms with Crippen molar-refractivity contribution in [3.8, 4) is 11.5 Å². The van der Waals surface area contributed by atoms with Crippen molar-refractivity contribution < 1.29 is 19.4 Å². The van der Waals surface area contributed by atoms with Crippen LogP contribution in [0.1, 0.15) is 15.2 Å². The Morgan fingerprint density at radius 3 is 2.64 bits per heavy atom. The van der Waals surface area contributed by atoms with Crippen molar-refractivity contribution >= 4 is 27.4 Å². The zero-order valence-corrected chi connectivity index (χ0v) is 12.7. The molecule has 0 bridgehead atoms. The van der Waals surface area contributed by atoms with Gasteiger partial charge in [0.2, 0.25) is 0 Å². The van der Waals surface area contributed by atoms with Crippen LogP contribution in [0.25, 0.3) is 10.1 Å². The van der Waals surface area contributed by atoms with Crippen molar-refractivity contribution in [2.45, 2.75) is 6.61 Å². The first-order valence-corrected chi connectivity index (χ1v) is 7.50. The van der Waals surface area contributed by atoms with Crippen LogP contribution in [0.4, 0.5) is 0 Å². The number of carboxylic acids is 1. The monoisotopic (exact) mass is 314 g/mol. The Balaban J connectivity index is 1.81. The molecule has 0 saturated heterocycles. The highest BCUT2D eigenvalue weighted by Crippen LogP contribution is 2.30. The lowest BCUT2D eigenvalue weighted by molar-refractivity contribution is 0.0697. The molecule has 0 spiro atoms. The van der Waals surface area contributed by atoms with Gasteiger partial charge in [-0.2, -0.15) is 0 Å². The average Bonchev–Trinajstić information content (AvgIpc) is 2.95. The van der Waals surface area contributed by atoms with E-state index in [4.69, 9.17) is 14.6 Å². The fourth-order valence-corrected chi connectivity index (χ4v) is 3.15. The van der Waals surface area contributed by atoms with Crippen LogP contribution in [-0.2, 0) is 6.61 Å². The maximum absolute atomic E-state index is 11.0. The number of para-hydroxylation sites is 2. The predicted molar refractivity (Wildman–Crippen MR) is 86.1 cm³/mol. The molecule has 5 heteroatoms. The van der Waals surface area contributed by atoms with Crippen molar-refractivity contribution in [1.82, 2.24) is 0 Å². The van der Waals surface area contributed by atoms with Gasteiger partial charge in [0.1, 0.15) is 6.61 Å². The molecule has 0 aliphatic carbocycles. The molecule has 1 aromatic heterocycles. The minimum Gasteiger partial charge on any atom is -0.493 e. The van der Waals surface area contributed by atoms with Crippen molar-refractivity contribution in [3.63, 3.8) is 0 Å². The summed E-state index contributed by atoms with van der Waals surface area (Å²) < 4.78 is 12.1. The van der Waals surface area contributed by atoms with Gasteiger partial charge in [0.05, 0.1) is 12.7 Å². The number of carbonyl (C=O) groups is 1. The fraction of sp³-hybridized carbons (Fsp3) is 0.118. The summed E-state index contributed by atoms with van der Waals surface area (Å²) in [6, 6.07) is 14.6. The predicted octanol–water partition coefficient (Wildman–Crippen LogP) is 4.19. The molecule has 0 radical (unpaired) electrons. The number of ether oxygens (including phenoxy) is 2. The normalized spacial score (nSPS) is 10.6. The summed E-state index contributed by atoms with van der Waals surface area (Å²) in [6.45, 7) is 0.419. The summed E-state index contributed by atoms with van der Waals surface area (Å²) in [5.74, 6) is 0.463. The highest BCUT2D eigenvalue weighted by molar-refractivity contribution is 7.19. The number of rotatable bonds is 5. The van der Waals surface area contributed by atoms with Gasteiger partial charge in [-0.25, -0.2) is 4.79 Å². The number of hydrogen-bond acceptors (Lipinski definition) is 4. The largest absolute Gasteiger partial charge is 0.493 e. The molecule has 4 nitrogen and oxygen atoms in total. The van der Waals surface area contributed by atoms with Gasteiger partial charge >= 0.3 is 5.97 Å². The van der Waals surface area contributed by atoms with E-state index in [9.17, 15) is 4.79 Å². The second kappa shape index (κ2) is 6.07. The summed E-state index contributed by atoms with van der Waals surface area (Å²) in [6.07, 6.45) is 0. The number of carboxylic acid groups (broad SMARTS) is 1. The van der Waals surface area contributed by atoms with E-state index in [2.05, 4.69) is 0 Å². The van der Waals surface area contributed by atoms with Crippen molar-refractivity contribution in [1.29, 1.82) is 0 Å². The van der Waals surface area contributed by atoms with Crippen LogP contribution < -0.4 is 9.47 Å². The summed E-state index contributed by atoms with van der Waals surface area (Å²) in [7, 11) is 1.61. The summed E-state index contributed by atoms with van der Waals surface area (Å²) in [5.41, 5.74) is 0.294. The van der Waals surface area contributed by atoms with Gasteiger partial charge in [0.15, 0.2) is 11.5 Å². The van der Waals surface area contributed by atoms with E-state index in [1.54, 1.807) is 30.6 Å². The number of thiophene rings is 1. The topological polar surface area (TPSA) is 55.8 Å². The number of fused-ring (bicyclic) bond motifs is 1. The minimum absolute atomic E-state index is 0.294. The smallest absolute Gasteiger partial charge is 0.335 e. The quantitative estimate of drug-likeness (QED) is 0.767. The van der Waals surface area contributed by atoms with Crippen LogP contribution in [0.2, 0.25) is 0 Å². The zero-order valence-electron chi connectivity index (χ0n) is 11.9. The Labute approximate surface area is 131 Å². The Hall–Kier alpha value is -2.53. The van der Waals surface area contributed by atoms with Crippen LogP contribution in [0.3, 0.4) is 0 Å². The lowest BCUT2D eigenvalue weighted by atomic mass is 10.1. The minimum atomic E-state index is -0.917. The van der Waals surface area contributed by atoms with Crippen LogP contribution >= 0.6 is 11.3 Å². The van der Waals surface area contributed by atoms with Gasteiger partial charge < -0.3 is 14.6 Å². The number of aromatic carboxylic acids is 1. The van der Waals surface area contributed by atoms with E-state index in [0.29, 0.717) is 23.7 Å². The summed E-state index contributed by atoms with van der Waals surface area (Å²) >= 11 is 1.59. The van der Waals surface area contributed by atoms with E-state index in [1.165, 1.54) is 0 Å². The lowest BCUT2D eigenvalue weighted by Crippen LogP contribution is -1.95. The molecule has 1 N–H and O–H groups in total. The van der Waals surface area contributed by atoms with Crippen LogP contribution in [0.15, 0.2) is 48.5 Å². The van der Waals surface area contributed by atoms with E-state index < -0.39 is 5.97 Å². The lowest BCUT2D eigenvalue weighted by Gasteiger charge is -2.08. The number of hydrogen-bond donors (Lipinski definition) is 1. The Bertz CT molecular complexity index is 822. The van der Waals surface area contributed by atoms with Gasteiger partial charge in [-0.3, -0.25) is 0 Å². The van der Waals surface area contributed by atoms with Gasteiger partial charge in [-0.05, 0) is 41.8 Å². The second-order valence-electron chi connectivity index (χ2n) is 4.71. The Kier molecular flexibility index (Phi) is 3.98. The molecule has 1 heterocycles. The molecule has 2 aromatic carbocycles. The van der Waals surface area contributed by atoms with E-state index in [0.717, 1.165) is 15.0 Å². The van der Waals surface area contributed by atoms with Crippen LogP contribution in [-0.4, -0.2) is 18.2 Å². The Morgan fingerprint density at radius 1 is 1.14 bits per heavy atom. The van der Waals surface area contributed by atoms with Gasteiger partial charge in [-0.1, -0.05) is 12.1 Å². The molecule has 0 atom stereocenters. The SMILES string of the molecule is COc1ccccc1OCc1cc2cc(C(=O)O)ccc2s1. The first kappa shape index (κ1) is 14.4. The molecule has 22 heavy (non-hydrogen) atoms. The van der Waals surface area contributed by atoms with Gasteiger partial charge in [0.25, 0.3) is 0 Å². The molecule has 0 aliphatic heterocycles. The summed E-state index contributed by atoms with van der Waals surface area (Å²) in [5, 5.41) is 9.95. The molecule has 0 aliphatic rings. The molecule has 112 valence electrons. The molecule has 0 saturated carbocycles. The fourth-order valence-electron chi connectivity index (χ4n) is 2.19.